The van der Waals surface area contributed by atoms with Gasteiger partial charge in [-0.15, -0.1) is 0 Å². The van der Waals surface area contributed by atoms with Gasteiger partial charge < -0.3 is 20.5 Å². The van der Waals surface area contributed by atoms with Crippen LogP contribution in [0.25, 0.3) is 0 Å². The number of carbonyl (C=O) groups excluding carboxylic acids is 1. The number of hydrogen-bond donors (Lipinski definition) is 2. The van der Waals surface area contributed by atoms with Gasteiger partial charge in [0.15, 0.2) is 0 Å². The van der Waals surface area contributed by atoms with E-state index in [0.29, 0.717) is 29.4 Å². The summed E-state index contributed by atoms with van der Waals surface area (Å²) in [6, 6.07) is 12.7. The SMILES string of the molecule is CCCCC(CNC(=O)c1cc(Cl)ccc1N)C1OCc2ccccc2O1. The Balaban J connectivity index is 1.67. The van der Waals surface area contributed by atoms with Crippen LogP contribution in [0.3, 0.4) is 0 Å². The number of rotatable bonds is 7. The monoisotopic (exact) mass is 388 g/mol. The highest BCUT2D eigenvalue weighted by atomic mass is 35.5. The highest BCUT2D eigenvalue weighted by Crippen LogP contribution is 2.30. The fraction of sp³-hybridized carbons (Fsp3) is 0.381. The summed E-state index contributed by atoms with van der Waals surface area (Å²) in [7, 11) is 0. The summed E-state index contributed by atoms with van der Waals surface area (Å²) < 4.78 is 12.0. The first-order chi connectivity index (χ1) is 13.1. The molecule has 0 saturated heterocycles. The van der Waals surface area contributed by atoms with Gasteiger partial charge in [-0.05, 0) is 30.7 Å². The molecule has 1 heterocycles. The Morgan fingerprint density at radius 1 is 1.33 bits per heavy atom. The average Bonchev–Trinajstić information content (AvgIpc) is 2.69. The molecule has 0 saturated carbocycles. The summed E-state index contributed by atoms with van der Waals surface area (Å²) in [5.41, 5.74) is 7.73. The molecule has 1 aliphatic heterocycles. The number of para-hydroxylation sites is 1. The molecule has 0 aromatic heterocycles. The van der Waals surface area contributed by atoms with Crippen LogP contribution >= 0.6 is 11.6 Å². The first-order valence-corrected chi connectivity index (χ1v) is 9.65. The summed E-state index contributed by atoms with van der Waals surface area (Å²) >= 11 is 5.99. The minimum atomic E-state index is -0.386. The second-order valence-electron chi connectivity index (χ2n) is 6.75. The maximum absolute atomic E-state index is 12.5. The molecule has 2 aromatic carbocycles. The third kappa shape index (κ3) is 4.93. The molecule has 1 amide bonds. The van der Waals surface area contributed by atoms with E-state index in [1.807, 2.05) is 24.3 Å². The predicted molar refractivity (Wildman–Crippen MR) is 107 cm³/mol. The van der Waals surface area contributed by atoms with Gasteiger partial charge in [0.1, 0.15) is 5.75 Å². The van der Waals surface area contributed by atoms with Crippen molar-refractivity contribution in [2.24, 2.45) is 5.92 Å². The number of amides is 1. The number of nitrogens with two attached hydrogens (primary N) is 1. The van der Waals surface area contributed by atoms with Crippen LogP contribution in [0.1, 0.15) is 42.1 Å². The van der Waals surface area contributed by atoms with Gasteiger partial charge >= 0.3 is 0 Å². The standard InChI is InChI=1S/C21H25ClN2O3/c1-2-3-6-14(21-26-13-15-7-4-5-8-19(15)27-21)12-24-20(25)17-11-16(22)9-10-18(17)23/h4-5,7-11,14,21H,2-3,6,12-13,23H2,1H3,(H,24,25). The first kappa shape index (κ1) is 19.5. The smallest absolute Gasteiger partial charge is 0.253 e. The molecule has 2 unspecified atom stereocenters. The van der Waals surface area contributed by atoms with Crippen LogP contribution in [0.4, 0.5) is 5.69 Å². The van der Waals surface area contributed by atoms with Crippen LogP contribution in [0.2, 0.25) is 5.02 Å². The Morgan fingerprint density at radius 2 is 2.15 bits per heavy atom. The zero-order chi connectivity index (χ0) is 19.2. The van der Waals surface area contributed by atoms with E-state index in [4.69, 9.17) is 26.8 Å². The first-order valence-electron chi connectivity index (χ1n) is 9.28. The third-order valence-corrected chi connectivity index (χ3v) is 4.95. The van der Waals surface area contributed by atoms with Crippen molar-refractivity contribution in [1.82, 2.24) is 5.32 Å². The second-order valence-corrected chi connectivity index (χ2v) is 7.19. The zero-order valence-corrected chi connectivity index (χ0v) is 16.2. The van der Waals surface area contributed by atoms with Crippen molar-refractivity contribution in [2.75, 3.05) is 12.3 Å². The molecule has 2 aromatic rings. The quantitative estimate of drug-likeness (QED) is 0.690. The van der Waals surface area contributed by atoms with Gasteiger partial charge in [0.2, 0.25) is 6.29 Å². The zero-order valence-electron chi connectivity index (χ0n) is 15.4. The molecule has 1 aliphatic rings. The number of unbranched alkanes of at least 4 members (excludes halogenated alkanes) is 1. The van der Waals surface area contributed by atoms with Gasteiger partial charge in [0.05, 0.1) is 12.2 Å². The van der Waals surface area contributed by atoms with Gasteiger partial charge in [0.25, 0.3) is 5.91 Å². The molecular formula is C21H25ClN2O3. The number of hydrogen-bond acceptors (Lipinski definition) is 4. The van der Waals surface area contributed by atoms with Gasteiger partial charge in [0, 0.05) is 28.7 Å². The summed E-state index contributed by atoms with van der Waals surface area (Å²) in [6.07, 6.45) is 2.61. The number of ether oxygens (including phenoxy) is 2. The predicted octanol–water partition coefficient (Wildman–Crippen LogP) is 4.39. The lowest BCUT2D eigenvalue weighted by Gasteiger charge is -2.32. The Morgan fingerprint density at radius 3 is 2.96 bits per heavy atom. The Bertz CT molecular complexity index is 797. The third-order valence-electron chi connectivity index (χ3n) is 4.72. The summed E-state index contributed by atoms with van der Waals surface area (Å²) in [5.74, 6) is 0.649. The lowest BCUT2D eigenvalue weighted by atomic mass is 10.00. The number of halogens is 1. The van der Waals surface area contributed by atoms with E-state index in [1.54, 1.807) is 18.2 Å². The van der Waals surface area contributed by atoms with Crippen LogP contribution in [0.5, 0.6) is 5.75 Å². The van der Waals surface area contributed by atoms with Crippen LogP contribution in [-0.4, -0.2) is 18.7 Å². The minimum absolute atomic E-state index is 0.0441. The molecule has 144 valence electrons. The van der Waals surface area contributed by atoms with E-state index in [0.717, 1.165) is 30.6 Å². The summed E-state index contributed by atoms with van der Waals surface area (Å²) in [4.78, 5) is 12.5. The van der Waals surface area contributed by atoms with Crippen LogP contribution < -0.4 is 15.8 Å². The normalized spacial score (nSPS) is 16.9. The Kier molecular flexibility index (Phi) is 6.58. The molecule has 2 atom stereocenters. The van der Waals surface area contributed by atoms with Gasteiger partial charge in [-0.2, -0.15) is 0 Å². The number of nitrogen functional groups attached to an aromatic ring is 1. The summed E-state index contributed by atoms with van der Waals surface area (Å²) in [6.45, 7) is 3.09. The Labute approximate surface area is 164 Å². The minimum Gasteiger partial charge on any atom is -0.464 e. The fourth-order valence-corrected chi connectivity index (χ4v) is 3.32. The number of benzene rings is 2. The highest BCUT2D eigenvalue weighted by molar-refractivity contribution is 6.31. The lowest BCUT2D eigenvalue weighted by molar-refractivity contribution is -0.140. The van der Waals surface area contributed by atoms with E-state index >= 15 is 0 Å². The van der Waals surface area contributed by atoms with Crippen LogP contribution in [0.15, 0.2) is 42.5 Å². The Hall–Kier alpha value is -2.24. The fourth-order valence-electron chi connectivity index (χ4n) is 3.15. The van der Waals surface area contributed by atoms with Crippen molar-refractivity contribution in [3.8, 4) is 5.75 Å². The maximum Gasteiger partial charge on any atom is 0.253 e. The lowest BCUT2D eigenvalue weighted by Crippen LogP contribution is -2.40. The molecule has 27 heavy (non-hydrogen) atoms. The number of nitrogens with one attached hydrogen (secondary N) is 1. The summed E-state index contributed by atoms with van der Waals surface area (Å²) in [5, 5.41) is 3.44. The molecule has 0 bridgehead atoms. The van der Waals surface area contributed by atoms with Gasteiger partial charge in [-0.3, -0.25) is 4.79 Å². The number of anilines is 1. The molecule has 0 fully saturated rings. The molecule has 0 spiro atoms. The van der Waals surface area contributed by atoms with E-state index in [-0.39, 0.29) is 18.1 Å². The van der Waals surface area contributed by atoms with Gasteiger partial charge in [-0.25, -0.2) is 0 Å². The topological polar surface area (TPSA) is 73.6 Å². The largest absolute Gasteiger partial charge is 0.464 e. The molecule has 6 heteroatoms. The van der Waals surface area contributed by atoms with Crippen LogP contribution in [-0.2, 0) is 11.3 Å². The van der Waals surface area contributed by atoms with E-state index in [9.17, 15) is 4.79 Å². The molecule has 0 aliphatic carbocycles. The van der Waals surface area contributed by atoms with Crippen molar-refractivity contribution in [1.29, 1.82) is 0 Å². The molecule has 0 radical (unpaired) electrons. The van der Waals surface area contributed by atoms with E-state index < -0.39 is 0 Å². The second kappa shape index (κ2) is 9.11. The maximum atomic E-state index is 12.5. The van der Waals surface area contributed by atoms with Crippen molar-refractivity contribution in [3.05, 3.63) is 58.6 Å². The van der Waals surface area contributed by atoms with Crippen molar-refractivity contribution >= 4 is 23.2 Å². The highest BCUT2D eigenvalue weighted by Gasteiger charge is 2.28. The van der Waals surface area contributed by atoms with E-state index in [1.165, 1.54) is 0 Å². The number of carbonyl (C=O) groups is 1. The van der Waals surface area contributed by atoms with Crippen molar-refractivity contribution in [3.63, 3.8) is 0 Å². The number of fused-ring (bicyclic) bond motifs is 1. The van der Waals surface area contributed by atoms with Gasteiger partial charge in [-0.1, -0.05) is 49.6 Å². The molecule has 3 N–H and O–H groups in total. The van der Waals surface area contributed by atoms with Crippen molar-refractivity contribution in [2.45, 2.75) is 39.1 Å². The molecule has 5 nitrogen and oxygen atoms in total. The van der Waals surface area contributed by atoms with Crippen LogP contribution in [0, 0.1) is 5.92 Å². The van der Waals surface area contributed by atoms with Crippen molar-refractivity contribution < 1.29 is 14.3 Å². The molecule has 3 rings (SSSR count). The molecular weight excluding hydrogens is 364 g/mol. The average molecular weight is 389 g/mol. The van der Waals surface area contributed by atoms with E-state index in [2.05, 4.69) is 12.2 Å².